The molecule has 0 aliphatic carbocycles. The summed E-state index contributed by atoms with van der Waals surface area (Å²) in [6.45, 7) is 5.26. The van der Waals surface area contributed by atoms with Crippen molar-refractivity contribution >= 4 is 23.3 Å². The Balaban J connectivity index is 1.62. The Labute approximate surface area is 163 Å². The van der Waals surface area contributed by atoms with Gasteiger partial charge in [-0.2, -0.15) is 0 Å². The standard InChI is InChI=1S/C19H24ClN3O4/c1-13-3-5-18(27-13)16(23-7-9-26-10-8-23)12-21-19(24)22-14-4-6-17(25-2)15(20)11-14/h3-6,11,16H,7-10,12H2,1-2H3,(H2,21,22,24). The molecule has 2 heterocycles. The molecule has 7 nitrogen and oxygen atoms in total. The minimum Gasteiger partial charge on any atom is -0.495 e. The Morgan fingerprint density at radius 3 is 2.70 bits per heavy atom. The van der Waals surface area contributed by atoms with Gasteiger partial charge in [0.25, 0.3) is 0 Å². The number of nitrogens with zero attached hydrogens (tertiary/aromatic N) is 1. The molecule has 0 spiro atoms. The summed E-state index contributed by atoms with van der Waals surface area (Å²) < 4.78 is 16.4. The van der Waals surface area contributed by atoms with E-state index in [4.69, 9.17) is 25.5 Å². The van der Waals surface area contributed by atoms with Crippen molar-refractivity contribution in [1.82, 2.24) is 10.2 Å². The first-order valence-corrected chi connectivity index (χ1v) is 9.21. The monoisotopic (exact) mass is 393 g/mol. The summed E-state index contributed by atoms with van der Waals surface area (Å²) in [5, 5.41) is 6.14. The van der Waals surface area contributed by atoms with Gasteiger partial charge in [0.05, 0.1) is 31.4 Å². The minimum absolute atomic E-state index is 0.0483. The number of halogens is 1. The zero-order valence-corrected chi connectivity index (χ0v) is 16.2. The Bertz CT molecular complexity index is 774. The van der Waals surface area contributed by atoms with Crippen molar-refractivity contribution in [2.75, 3.05) is 45.3 Å². The Kier molecular flexibility index (Phi) is 6.60. The van der Waals surface area contributed by atoms with Crippen LogP contribution in [0.2, 0.25) is 5.02 Å². The van der Waals surface area contributed by atoms with Crippen LogP contribution in [0.5, 0.6) is 5.75 Å². The second-order valence-corrected chi connectivity index (χ2v) is 6.70. The van der Waals surface area contributed by atoms with Gasteiger partial charge in [0.15, 0.2) is 0 Å². The second kappa shape index (κ2) is 9.12. The minimum atomic E-state index is -0.308. The van der Waals surface area contributed by atoms with Crippen LogP contribution in [0, 0.1) is 6.92 Å². The molecule has 1 unspecified atom stereocenters. The number of urea groups is 1. The van der Waals surface area contributed by atoms with E-state index >= 15 is 0 Å². The molecule has 0 bridgehead atoms. The summed E-state index contributed by atoms with van der Waals surface area (Å²) in [5.74, 6) is 2.24. The van der Waals surface area contributed by atoms with E-state index in [1.54, 1.807) is 25.3 Å². The second-order valence-electron chi connectivity index (χ2n) is 6.30. The van der Waals surface area contributed by atoms with Gasteiger partial charge in [-0.3, -0.25) is 4.90 Å². The number of amides is 2. The van der Waals surface area contributed by atoms with Gasteiger partial charge >= 0.3 is 6.03 Å². The number of nitrogens with one attached hydrogen (secondary N) is 2. The van der Waals surface area contributed by atoms with Gasteiger partial charge in [-0.05, 0) is 37.3 Å². The average Bonchev–Trinajstić information content (AvgIpc) is 3.09. The Morgan fingerprint density at radius 2 is 2.07 bits per heavy atom. The van der Waals surface area contributed by atoms with E-state index in [2.05, 4.69) is 15.5 Å². The van der Waals surface area contributed by atoms with E-state index in [0.29, 0.717) is 36.2 Å². The zero-order valence-electron chi connectivity index (χ0n) is 15.5. The molecule has 1 aliphatic heterocycles. The lowest BCUT2D eigenvalue weighted by Gasteiger charge is -2.33. The molecule has 0 radical (unpaired) electrons. The predicted molar refractivity (Wildman–Crippen MR) is 104 cm³/mol. The number of anilines is 1. The van der Waals surface area contributed by atoms with E-state index in [1.807, 2.05) is 19.1 Å². The topological polar surface area (TPSA) is 76.0 Å². The number of carbonyl (C=O) groups is 1. The highest BCUT2D eigenvalue weighted by Crippen LogP contribution is 2.27. The van der Waals surface area contributed by atoms with Gasteiger partial charge in [0.1, 0.15) is 17.3 Å². The summed E-state index contributed by atoms with van der Waals surface area (Å²) in [6.07, 6.45) is 0. The third-order valence-electron chi connectivity index (χ3n) is 4.44. The summed E-state index contributed by atoms with van der Waals surface area (Å²) >= 11 is 6.10. The van der Waals surface area contributed by atoms with Gasteiger partial charge in [0, 0.05) is 25.3 Å². The normalized spacial score (nSPS) is 16.0. The predicted octanol–water partition coefficient (Wildman–Crippen LogP) is 3.45. The maximum absolute atomic E-state index is 12.3. The smallest absolute Gasteiger partial charge is 0.319 e. The number of rotatable bonds is 6. The molecule has 27 heavy (non-hydrogen) atoms. The molecule has 2 N–H and O–H groups in total. The van der Waals surface area contributed by atoms with Crippen LogP contribution in [0.3, 0.4) is 0 Å². The van der Waals surface area contributed by atoms with Crippen LogP contribution in [0.25, 0.3) is 0 Å². The average molecular weight is 394 g/mol. The van der Waals surface area contributed by atoms with Crippen molar-refractivity contribution in [3.05, 3.63) is 46.9 Å². The van der Waals surface area contributed by atoms with Crippen LogP contribution < -0.4 is 15.4 Å². The highest BCUT2D eigenvalue weighted by molar-refractivity contribution is 6.32. The molecule has 1 fully saturated rings. The number of morpholine rings is 1. The molecule has 1 aromatic heterocycles. The molecule has 1 aliphatic rings. The van der Waals surface area contributed by atoms with Crippen molar-refractivity contribution in [2.24, 2.45) is 0 Å². The van der Waals surface area contributed by atoms with E-state index in [-0.39, 0.29) is 12.1 Å². The van der Waals surface area contributed by atoms with Crippen LogP contribution in [0.15, 0.2) is 34.7 Å². The summed E-state index contributed by atoms with van der Waals surface area (Å²) in [6, 6.07) is 8.63. The van der Waals surface area contributed by atoms with Crippen molar-refractivity contribution in [2.45, 2.75) is 13.0 Å². The highest BCUT2D eigenvalue weighted by Gasteiger charge is 2.25. The molecule has 2 aromatic rings. The summed E-state index contributed by atoms with van der Waals surface area (Å²) in [5.41, 5.74) is 0.593. The van der Waals surface area contributed by atoms with Crippen molar-refractivity contribution in [1.29, 1.82) is 0 Å². The fraction of sp³-hybridized carbons (Fsp3) is 0.421. The van der Waals surface area contributed by atoms with Gasteiger partial charge in [-0.1, -0.05) is 11.6 Å². The van der Waals surface area contributed by atoms with Crippen LogP contribution in [0.4, 0.5) is 10.5 Å². The van der Waals surface area contributed by atoms with Gasteiger partial charge in [-0.25, -0.2) is 4.79 Å². The molecule has 0 saturated carbocycles. The van der Waals surface area contributed by atoms with E-state index in [1.165, 1.54) is 0 Å². The lowest BCUT2D eigenvalue weighted by Crippen LogP contribution is -2.44. The number of carbonyl (C=O) groups excluding carboxylic acids is 1. The molecule has 146 valence electrons. The first-order valence-electron chi connectivity index (χ1n) is 8.83. The number of furan rings is 1. The Hall–Kier alpha value is -2.22. The molecule has 1 aromatic carbocycles. The molecular formula is C19H24ClN3O4. The third kappa shape index (κ3) is 5.15. The number of methoxy groups -OCH3 is 1. The molecule has 1 saturated heterocycles. The first-order chi connectivity index (χ1) is 13.1. The maximum Gasteiger partial charge on any atom is 0.319 e. The van der Waals surface area contributed by atoms with Crippen LogP contribution in [0.1, 0.15) is 17.6 Å². The molecule has 8 heteroatoms. The third-order valence-corrected chi connectivity index (χ3v) is 4.74. The summed E-state index contributed by atoms with van der Waals surface area (Å²) in [7, 11) is 1.54. The number of ether oxygens (including phenoxy) is 2. The molecular weight excluding hydrogens is 370 g/mol. The van der Waals surface area contributed by atoms with Crippen LogP contribution in [-0.2, 0) is 4.74 Å². The lowest BCUT2D eigenvalue weighted by molar-refractivity contribution is 0.0122. The lowest BCUT2D eigenvalue weighted by atomic mass is 10.1. The maximum atomic E-state index is 12.3. The number of benzene rings is 1. The van der Waals surface area contributed by atoms with Crippen LogP contribution >= 0.6 is 11.6 Å². The molecule has 2 amide bonds. The van der Waals surface area contributed by atoms with Crippen LogP contribution in [-0.4, -0.2) is 50.9 Å². The largest absolute Gasteiger partial charge is 0.495 e. The van der Waals surface area contributed by atoms with Crippen molar-refractivity contribution in [3.63, 3.8) is 0 Å². The van der Waals surface area contributed by atoms with E-state index in [9.17, 15) is 4.79 Å². The Morgan fingerprint density at radius 1 is 1.30 bits per heavy atom. The van der Waals surface area contributed by atoms with Gasteiger partial charge in [-0.15, -0.1) is 0 Å². The van der Waals surface area contributed by atoms with E-state index in [0.717, 1.165) is 24.6 Å². The number of hydrogen-bond donors (Lipinski definition) is 2. The van der Waals surface area contributed by atoms with Crippen molar-refractivity contribution in [3.8, 4) is 5.75 Å². The SMILES string of the molecule is COc1ccc(NC(=O)NCC(c2ccc(C)o2)N2CCOCC2)cc1Cl. The van der Waals surface area contributed by atoms with Gasteiger partial charge in [0.2, 0.25) is 0 Å². The number of aryl methyl sites for hydroxylation is 1. The molecule has 1 atom stereocenters. The van der Waals surface area contributed by atoms with E-state index < -0.39 is 0 Å². The zero-order chi connectivity index (χ0) is 19.2. The summed E-state index contributed by atoms with van der Waals surface area (Å²) in [4.78, 5) is 14.6. The fourth-order valence-electron chi connectivity index (χ4n) is 3.04. The molecule has 3 rings (SSSR count). The highest BCUT2D eigenvalue weighted by atomic mass is 35.5. The quantitative estimate of drug-likeness (QED) is 0.786. The fourth-order valence-corrected chi connectivity index (χ4v) is 3.30. The van der Waals surface area contributed by atoms with Gasteiger partial charge < -0.3 is 24.5 Å². The number of hydrogen-bond acceptors (Lipinski definition) is 5. The first kappa shape index (κ1) is 19.5. The van der Waals surface area contributed by atoms with Crippen molar-refractivity contribution < 1.29 is 18.7 Å².